The van der Waals surface area contributed by atoms with Crippen LogP contribution < -0.4 is 0 Å². The Bertz CT molecular complexity index is 868. The average Bonchev–Trinajstić information content (AvgIpc) is 2.57. The molecule has 1 aliphatic carbocycles. The number of carbonyl (C=O) groups is 3. The fraction of sp³-hybridized carbons (Fsp3) is 0.350. The van der Waals surface area contributed by atoms with Crippen molar-refractivity contribution in [2.24, 2.45) is 0 Å². The van der Waals surface area contributed by atoms with Gasteiger partial charge in [-0.2, -0.15) is 0 Å². The number of hydrogen-bond donors (Lipinski definition) is 1. The van der Waals surface area contributed by atoms with Crippen LogP contribution in [0.25, 0.3) is 0 Å². The number of amides is 1. The van der Waals surface area contributed by atoms with Crippen LogP contribution in [-0.4, -0.2) is 47.0 Å². The van der Waals surface area contributed by atoms with Crippen molar-refractivity contribution in [1.82, 2.24) is 4.90 Å². The zero-order chi connectivity index (χ0) is 21.2. The lowest BCUT2D eigenvalue weighted by Crippen LogP contribution is -2.37. The lowest BCUT2D eigenvalue weighted by Gasteiger charge is -2.30. The summed E-state index contributed by atoms with van der Waals surface area (Å²) in [7, 11) is 1.52. The Hall–Kier alpha value is -2.48. The summed E-state index contributed by atoms with van der Waals surface area (Å²) in [6.07, 6.45) is 0.641. The van der Waals surface area contributed by atoms with Gasteiger partial charge in [0.2, 0.25) is 0 Å². The minimum Gasteiger partial charge on any atom is -0.478 e. The number of likely N-dealkylation sites (N-methyl/N-ethyl adjacent to an activating group) is 1. The average molecular weight is 454 g/mol. The molecule has 1 aliphatic rings. The number of halogens is 2. The highest BCUT2D eigenvalue weighted by atomic mass is 79.9. The molecule has 1 aromatic carbocycles. The maximum Gasteiger partial charge on any atom is 0.410 e. The molecular weight excluding hydrogens is 433 g/mol. The highest BCUT2D eigenvalue weighted by Gasteiger charge is 2.36. The number of ether oxygens (including phenoxy) is 1. The standard InChI is InChI=1S/C20H21BrFNO5/c1-20(2,3)28-19(27)23(4)10-14-15(21)9-13(18(25)26)17(24)16(14)11-5-7-12(22)8-6-11/h5-9,16H,10H2,1-4H3,(H,25,26). The summed E-state index contributed by atoms with van der Waals surface area (Å²) in [6.45, 7) is 5.23. The third-order valence-electron chi connectivity index (χ3n) is 4.00. The molecule has 1 amide bonds. The van der Waals surface area contributed by atoms with Gasteiger partial charge < -0.3 is 14.7 Å². The molecule has 0 bridgehead atoms. The van der Waals surface area contributed by atoms with Gasteiger partial charge in [0, 0.05) is 18.1 Å². The molecule has 2 rings (SSSR count). The summed E-state index contributed by atoms with van der Waals surface area (Å²) < 4.78 is 19.0. The van der Waals surface area contributed by atoms with Gasteiger partial charge in [-0.3, -0.25) is 4.79 Å². The SMILES string of the molecule is CN(CC1=C(Br)C=C(C(=O)O)C(=O)C1c1ccc(F)cc1)C(=O)OC(C)(C)C. The van der Waals surface area contributed by atoms with Crippen molar-refractivity contribution in [2.75, 3.05) is 13.6 Å². The number of benzene rings is 1. The number of nitrogens with zero attached hydrogens (tertiary/aromatic N) is 1. The van der Waals surface area contributed by atoms with Crippen LogP contribution in [0.3, 0.4) is 0 Å². The molecule has 1 N–H and O–H groups in total. The molecule has 8 heteroatoms. The molecule has 1 atom stereocenters. The van der Waals surface area contributed by atoms with Crippen LogP contribution in [0.15, 0.2) is 46.0 Å². The molecule has 0 saturated carbocycles. The Labute approximate surface area is 170 Å². The number of aliphatic carboxylic acids is 1. The number of carboxylic acid groups (broad SMARTS) is 1. The number of Topliss-reactive ketones (excluding diaryl/α,β-unsaturated/α-hetero) is 1. The number of carbonyl (C=O) groups excluding carboxylic acids is 2. The van der Waals surface area contributed by atoms with Crippen LogP contribution in [0.4, 0.5) is 9.18 Å². The molecule has 150 valence electrons. The quantitative estimate of drug-likeness (QED) is 0.695. The van der Waals surface area contributed by atoms with E-state index in [1.54, 1.807) is 20.8 Å². The van der Waals surface area contributed by atoms with Gasteiger partial charge in [0.1, 0.15) is 17.0 Å². The smallest absolute Gasteiger partial charge is 0.410 e. The first kappa shape index (κ1) is 21.8. The number of hydrogen-bond acceptors (Lipinski definition) is 4. The predicted molar refractivity (Wildman–Crippen MR) is 105 cm³/mol. The fourth-order valence-electron chi connectivity index (χ4n) is 2.74. The van der Waals surface area contributed by atoms with Crippen LogP contribution in [-0.2, 0) is 14.3 Å². The number of carboxylic acids is 1. The minimum atomic E-state index is -1.35. The second kappa shape index (κ2) is 8.26. The van der Waals surface area contributed by atoms with Crippen molar-refractivity contribution >= 4 is 33.8 Å². The second-order valence-electron chi connectivity index (χ2n) is 7.42. The summed E-state index contributed by atoms with van der Waals surface area (Å²) in [5, 5.41) is 9.34. The van der Waals surface area contributed by atoms with E-state index in [2.05, 4.69) is 15.9 Å². The number of allylic oxidation sites excluding steroid dienone is 2. The van der Waals surface area contributed by atoms with Crippen molar-refractivity contribution < 1.29 is 28.6 Å². The topological polar surface area (TPSA) is 83.9 Å². The number of rotatable bonds is 4. The largest absolute Gasteiger partial charge is 0.478 e. The van der Waals surface area contributed by atoms with Crippen LogP contribution in [0.5, 0.6) is 0 Å². The minimum absolute atomic E-state index is 0.0205. The van der Waals surface area contributed by atoms with Crippen molar-refractivity contribution in [3.05, 3.63) is 57.4 Å². The molecule has 0 saturated heterocycles. The zero-order valence-corrected chi connectivity index (χ0v) is 17.5. The Morgan fingerprint density at radius 1 is 1.25 bits per heavy atom. The van der Waals surface area contributed by atoms with Gasteiger partial charge in [-0.15, -0.1) is 0 Å². The van der Waals surface area contributed by atoms with E-state index in [0.717, 1.165) is 0 Å². The van der Waals surface area contributed by atoms with Gasteiger partial charge in [0.25, 0.3) is 0 Å². The lowest BCUT2D eigenvalue weighted by atomic mass is 9.80. The molecule has 0 aliphatic heterocycles. The summed E-state index contributed by atoms with van der Waals surface area (Å²) in [4.78, 5) is 37.9. The highest BCUT2D eigenvalue weighted by Crippen LogP contribution is 2.37. The van der Waals surface area contributed by atoms with Gasteiger partial charge in [0.05, 0.1) is 5.92 Å². The molecule has 0 radical (unpaired) electrons. The van der Waals surface area contributed by atoms with Gasteiger partial charge in [-0.05, 0) is 50.1 Å². The fourth-order valence-corrected chi connectivity index (χ4v) is 3.33. The highest BCUT2D eigenvalue weighted by molar-refractivity contribution is 9.11. The Kier molecular flexibility index (Phi) is 6.44. The van der Waals surface area contributed by atoms with Gasteiger partial charge in [0.15, 0.2) is 5.78 Å². The summed E-state index contributed by atoms with van der Waals surface area (Å²) >= 11 is 3.32. The Morgan fingerprint density at radius 2 is 1.82 bits per heavy atom. The monoisotopic (exact) mass is 453 g/mol. The molecule has 6 nitrogen and oxygen atoms in total. The van der Waals surface area contributed by atoms with Crippen molar-refractivity contribution in [3.8, 4) is 0 Å². The second-order valence-corrected chi connectivity index (χ2v) is 8.28. The van der Waals surface area contributed by atoms with E-state index in [4.69, 9.17) is 4.74 Å². The van der Waals surface area contributed by atoms with E-state index in [1.165, 1.54) is 42.3 Å². The number of ketones is 1. The van der Waals surface area contributed by atoms with Crippen LogP contribution in [0, 0.1) is 5.82 Å². The normalized spacial score (nSPS) is 17.3. The van der Waals surface area contributed by atoms with E-state index < -0.39 is 35.2 Å². The summed E-state index contributed by atoms with van der Waals surface area (Å²) in [5.74, 6) is -3.42. The first-order valence-corrected chi connectivity index (χ1v) is 9.27. The van der Waals surface area contributed by atoms with E-state index in [1.807, 2.05) is 0 Å². The molecule has 1 aromatic rings. The van der Waals surface area contributed by atoms with E-state index in [9.17, 15) is 23.9 Å². The van der Waals surface area contributed by atoms with Crippen LogP contribution in [0.2, 0.25) is 0 Å². The van der Waals surface area contributed by atoms with Crippen LogP contribution in [0.1, 0.15) is 32.3 Å². The van der Waals surface area contributed by atoms with Gasteiger partial charge >= 0.3 is 12.1 Å². The van der Waals surface area contributed by atoms with Gasteiger partial charge in [-0.1, -0.05) is 28.1 Å². The molecule has 28 heavy (non-hydrogen) atoms. The Morgan fingerprint density at radius 3 is 2.32 bits per heavy atom. The first-order valence-electron chi connectivity index (χ1n) is 8.48. The van der Waals surface area contributed by atoms with Crippen molar-refractivity contribution in [2.45, 2.75) is 32.3 Å². The molecule has 0 aromatic heterocycles. The van der Waals surface area contributed by atoms with E-state index in [0.29, 0.717) is 15.6 Å². The molecule has 0 spiro atoms. The van der Waals surface area contributed by atoms with Crippen molar-refractivity contribution in [1.29, 1.82) is 0 Å². The molecular formula is C20H21BrFNO5. The van der Waals surface area contributed by atoms with E-state index in [-0.39, 0.29) is 12.1 Å². The van der Waals surface area contributed by atoms with Crippen LogP contribution >= 0.6 is 15.9 Å². The lowest BCUT2D eigenvalue weighted by molar-refractivity contribution is -0.134. The maximum atomic E-state index is 13.3. The maximum absolute atomic E-state index is 13.3. The Balaban J connectivity index is 2.44. The molecule has 0 heterocycles. The van der Waals surface area contributed by atoms with E-state index >= 15 is 0 Å². The molecule has 0 fully saturated rings. The molecule has 1 unspecified atom stereocenters. The van der Waals surface area contributed by atoms with Crippen molar-refractivity contribution in [3.63, 3.8) is 0 Å². The first-order chi connectivity index (χ1) is 12.9. The predicted octanol–water partition coefficient (Wildman–Crippen LogP) is 4.02. The third-order valence-corrected chi connectivity index (χ3v) is 4.74. The van der Waals surface area contributed by atoms with Gasteiger partial charge in [-0.25, -0.2) is 14.0 Å². The third kappa shape index (κ3) is 5.07. The summed E-state index contributed by atoms with van der Waals surface area (Å²) in [5.41, 5.74) is -0.158. The zero-order valence-electron chi connectivity index (χ0n) is 16.0. The summed E-state index contributed by atoms with van der Waals surface area (Å²) in [6, 6.07) is 5.25.